The highest BCUT2D eigenvalue weighted by Crippen LogP contribution is 1.94. The van der Waals surface area contributed by atoms with Crippen LogP contribution >= 0.6 is 0 Å². The van der Waals surface area contributed by atoms with E-state index in [4.69, 9.17) is 5.11 Å². The van der Waals surface area contributed by atoms with Crippen molar-refractivity contribution in [2.45, 2.75) is 32.6 Å². The second kappa shape index (κ2) is 8.05. The normalized spacial score (nSPS) is 11.4. The molecule has 0 aliphatic heterocycles. The number of rotatable bonds is 6. The fourth-order valence-electron chi connectivity index (χ4n) is 0.762. The number of carboxylic acids is 1. The van der Waals surface area contributed by atoms with E-state index in [2.05, 4.69) is 19.1 Å². The predicted molar refractivity (Wildman–Crippen MR) is 50.1 cm³/mol. The first kappa shape index (κ1) is 11.0. The van der Waals surface area contributed by atoms with Gasteiger partial charge in [-0.1, -0.05) is 31.2 Å². The zero-order chi connectivity index (χ0) is 9.23. The molecule has 0 atom stereocenters. The third kappa shape index (κ3) is 8.95. The molecular formula is C10H16O2. The van der Waals surface area contributed by atoms with Crippen LogP contribution in [0.5, 0.6) is 0 Å². The third-order valence-corrected chi connectivity index (χ3v) is 1.37. The molecule has 0 bridgehead atoms. The Labute approximate surface area is 73.6 Å². The van der Waals surface area contributed by atoms with E-state index in [1.165, 1.54) is 0 Å². The Morgan fingerprint density at radius 1 is 1.25 bits per heavy atom. The van der Waals surface area contributed by atoms with Gasteiger partial charge in [-0.2, -0.15) is 0 Å². The minimum Gasteiger partial charge on any atom is -0.481 e. The molecule has 1 N–H and O–H groups in total. The van der Waals surface area contributed by atoms with Gasteiger partial charge in [0.2, 0.25) is 0 Å². The minimum atomic E-state index is -0.733. The quantitative estimate of drug-likeness (QED) is 0.619. The predicted octanol–water partition coefficient (Wildman–Crippen LogP) is 2.76. The van der Waals surface area contributed by atoms with Gasteiger partial charge in [-0.25, -0.2) is 0 Å². The highest BCUT2D eigenvalue weighted by Gasteiger charge is 1.90. The second-order valence-corrected chi connectivity index (χ2v) is 2.52. The van der Waals surface area contributed by atoms with Crippen molar-refractivity contribution < 1.29 is 9.90 Å². The number of aliphatic carboxylic acids is 1. The molecule has 0 radical (unpaired) electrons. The summed E-state index contributed by atoms with van der Waals surface area (Å²) < 4.78 is 0. The number of hydrogen-bond donors (Lipinski definition) is 1. The lowest BCUT2D eigenvalue weighted by molar-refractivity contribution is -0.136. The molecule has 0 aromatic heterocycles. The summed E-state index contributed by atoms with van der Waals surface area (Å²) in [6.07, 6.45) is 10.9. The summed E-state index contributed by atoms with van der Waals surface area (Å²) in [4.78, 5) is 10.1. The summed E-state index contributed by atoms with van der Waals surface area (Å²) in [5, 5.41) is 8.31. The smallest absolute Gasteiger partial charge is 0.303 e. The van der Waals surface area contributed by atoms with Crippen LogP contribution in [-0.2, 0) is 4.79 Å². The van der Waals surface area contributed by atoms with Crippen molar-refractivity contribution in [3.05, 3.63) is 24.3 Å². The maximum atomic E-state index is 10.1. The molecule has 0 heterocycles. The average molecular weight is 168 g/mol. The standard InChI is InChI=1S/C10H16O2/c1-2-3-4-5-6-7-8-9-10(11)12/h3-4,6-7H,2,5,8-9H2,1H3,(H,11,12)/b4-3-,7-6-. The highest BCUT2D eigenvalue weighted by atomic mass is 16.4. The monoisotopic (exact) mass is 168 g/mol. The molecule has 0 fully saturated rings. The van der Waals surface area contributed by atoms with Crippen molar-refractivity contribution in [3.63, 3.8) is 0 Å². The second-order valence-electron chi connectivity index (χ2n) is 2.52. The van der Waals surface area contributed by atoms with Crippen molar-refractivity contribution >= 4 is 5.97 Å². The molecule has 0 spiro atoms. The number of carbonyl (C=O) groups is 1. The number of hydrogen-bond acceptors (Lipinski definition) is 1. The van der Waals surface area contributed by atoms with E-state index in [0.29, 0.717) is 6.42 Å². The maximum Gasteiger partial charge on any atom is 0.303 e. The molecule has 2 nitrogen and oxygen atoms in total. The maximum absolute atomic E-state index is 10.1. The van der Waals surface area contributed by atoms with Gasteiger partial charge in [-0.05, 0) is 19.3 Å². The molecule has 0 aliphatic carbocycles. The van der Waals surface area contributed by atoms with Crippen LogP contribution in [0, 0.1) is 0 Å². The number of allylic oxidation sites excluding steroid dienone is 4. The Morgan fingerprint density at radius 3 is 2.50 bits per heavy atom. The van der Waals surface area contributed by atoms with Gasteiger partial charge in [-0.3, -0.25) is 4.79 Å². The van der Waals surface area contributed by atoms with Gasteiger partial charge >= 0.3 is 5.97 Å². The lowest BCUT2D eigenvalue weighted by Gasteiger charge is -1.86. The van der Waals surface area contributed by atoms with Crippen molar-refractivity contribution in [1.29, 1.82) is 0 Å². The Bertz CT molecular complexity index is 169. The van der Waals surface area contributed by atoms with Gasteiger partial charge in [0.1, 0.15) is 0 Å². The van der Waals surface area contributed by atoms with Crippen LogP contribution < -0.4 is 0 Å². The summed E-state index contributed by atoms with van der Waals surface area (Å²) in [5.41, 5.74) is 0. The van der Waals surface area contributed by atoms with E-state index >= 15 is 0 Å². The molecule has 0 aromatic rings. The molecule has 2 heteroatoms. The number of carboxylic acid groups (broad SMARTS) is 1. The largest absolute Gasteiger partial charge is 0.481 e. The summed E-state index contributed by atoms with van der Waals surface area (Å²) >= 11 is 0. The Kier molecular flexibility index (Phi) is 7.35. The van der Waals surface area contributed by atoms with Crippen LogP contribution in [0.4, 0.5) is 0 Å². The van der Waals surface area contributed by atoms with Crippen molar-refractivity contribution in [2.24, 2.45) is 0 Å². The first-order valence-corrected chi connectivity index (χ1v) is 4.29. The van der Waals surface area contributed by atoms with Crippen LogP contribution in [0.1, 0.15) is 32.6 Å². The first-order valence-electron chi connectivity index (χ1n) is 4.29. The topological polar surface area (TPSA) is 37.3 Å². The molecular weight excluding hydrogens is 152 g/mol. The molecule has 68 valence electrons. The molecule has 0 amide bonds. The van der Waals surface area contributed by atoms with E-state index in [-0.39, 0.29) is 6.42 Å². The summed E-state index contributed by atoms with van der Waals surface area (Å²) in [6.45, 7) is 2.09. The SMILES string of the molecule is CC/C=C\C/C=C\CCC(=O)O. The molecule has 0 rings (SSSR count). The van der Waals surface area contributed by atoms with Gasteiger partial charge in [-0.15, -0.1) is 0 Å². The van der Waals surface area contributed by atoms with Gasteiger partial charge in [0.05, 0.1) is 0 Å². The van der Waals surface area contributed by atoms with Crippen LogP contribution in [0.3, 0.4) is 0 Å². The van der Waals surface area contributed by atoms with Gasteiger partial charge in [0, 0.05) is 6.42 Å². The Morgan fingerprint density at radius 2 is 1.92 bits per heavy atom. The molecule has 0 aliphatic rings. The lowest BCUT2D eigenvalue weighted by Crippen LogP contribution is -1.91. The van der Waals surface area contributed by atoms with E-state index in [0.717, 1.165) is 12.8 Å². The summed E-state index contributed by atoms with van der Waals surface area (Å²) in [6, 6.07) is 0. The summed E-state index contributed by atoms with van der Waals surface area (Å²) in [7, 11) is 0. The zero-order valence-electron chi connectivity index (χ0n) is 7.49. The lowest BCUT2D eigenvalue weighted by atomic mass is 10.2. The third-order valence-electron chi connectivity index (χ3n) is 1.37. The van der Waals surface area contributed by atoms with E-state index in [1.807, 2.05) is 12.2 Å². The van der Waals surface area contributed by atoms with Crippen molar-refractivity contribution in [3.8, 4) is 0 Å². The first-order chi connectivity index (χ1) is 5.77. The highest BCUT2D eigenvalue weighted by molar-refractivity contribution is 5.66. The molecule has 0 unspecified atom stereocenters. The van der Waals surface area contributed by atoms with E-state index in [1.54, 1.807) is 0 Å². The van der Waals surface area contributed by atoms with E-state index < -0.39 is 5.97 Å². The van der Waals surface area contributed by atoms with Crippen molar-refractivity contribution in [2.75, 3.05) is 0 Å². The zero-order valence-corrected chi connectivity index (χ0v) is 7.49. The fraction of sp³-hybridized carbons (Fsp3) is 0.500. The fourth-order valence-corrected chi connectivity index (χ4v) is 0.762. The van der Waals surface area contributed by atoms with Gasteiger partial charge in [0.25, 0.3) is 0 Å². The van der Waals surface area contributed by atoms with Crippen LogP contribution in [0.25, 0.3) is 0 Å². The van der Waals surface area contributed by atoms with Crippen molar-refractivity contribution in [1.82, 2.24) is 0 Å². The molecule has 0 saturated carbocycles. The Hall–Kier alpha value is -1.05. The average Bonchev–Trinajstić information content (AvgIpc) is 2.02. The van der Waals surface area contributed by atoms with Crippen LogP contribution in [-0.4, -0.2) is 11.1 Å². The summed E-state index contributed by atoms with van der Waals surface area (Å²) in [5.74, 6) is -0.733. The van der Waals surface area contributed by atoms with Crippen LogP contribution in [0.2, 0.25) is 0 Å². The molecule has 0 saturated heterocycles. The van der Waals surface area contributed by atoms with Gasteiger partial charge < -0.3 is 5.11 Å². The van der Waals surface area contributed by atoms with Gasteiger partial charge in [0.15, 0.2) is 0 Å². The Balaban J connectivity index is 3.25. The molecule has 12 heavy (non-hydrogen) atoms. The molecule has 0 aromatic carbocycles. The van der Waals surface area contributed by atoms with E-state index in [9.17, 15) is 4.79 Å². The minimum absolute atomic E-state index is 0.230. The van der Waals surface area contributed by atoms with Crippen LogP contribution in [0.15, 0.2) is 24.3 Å².